The molecule has 14 heavy (non-hydrogen) atoms. The van der Waals surface area contributed by atoms with Crippen LogP contribution in [0.1, 0.15) is 0 Å². The van der Waals surface area contributed by atoms with Crippen molar-refractivity contribution in [2.24, 2.45) is 0 Å². The Morgan fingerprint density at radius 1 is 0.643 bits per heavy atom. The Morgan fingerprint density at radius 3 is 0.643 bits per heavy atom. The molecule has 0 unspecified atom stereocenters. The van der Waals surface area contributed by atoms with Crippen molar-refractivity contribution in [1.29, 1.82) is 0 Å². The van der Waals surface area contributed by atoms with E-state index in [9.17, 15) is 0 Å². The van der Waals surface area contributed by atoms with Gasteiger partial charge in [0.25, 0.3) is 0 Å². The van der Waals surface area contributed by atoms with Gasteiger partial charge in [-0.25, -0.2) is 0 Å². The molecule has 0 amide bonds. The fourth-order valence-electron chi connectivity index (χ4n) is 0. The summed E-state index contributed by atoms with van der Waals surface area (Å²) in [5.74, 6) is 0. The predicted octanol–water partition coefficient (Wildman–Crippen LogP) is -8.19. The third-order valence-corrected chi connectivity index (χ3v) is 0. The summed E-state index contributed by atoms with van der Waals surface area (Å²) < 4.78 is 0. The molecule has 0 bridgehead atoms. The molecule has 0 N–H and O–H groups in total. The minimum absolute atomic E-state index is 0. The Hall–Kier alpha value is 4.34. The minimum atomic E-state index is -2.72. The molecule has 0 aromatic heterocycles. The van der Waals surface area contributed by atoms with E-state index in [0.29, 0.717) is 0 Å². The second-order valence-electron chi connectivity index (χ2n) is 0.676. The summed E-state index contributed by atoms with van der Waals surface area (Å²) in [5, 5.41) is -2.72. The van der Waals surface area contributed by atoms with Crippen LogP contribution in [0.15, 0.2) is 0 Å². The first-order valence-electron chi connectivity index (χ1n) is 1.41. The molecule has 0 heterocycles. The summed E-state index contributed by atoms with van der Waals surface area (Å²) in [6.07, 6.45) is 0. The summed E-state index contributed by atoms with van der Waals surface area (Å²) in [6, 6.07) is 0. The first kappa shape index (κ1) is 42.9. The maximum atomic E-state index is 4.97. The van der Waals surface area contributed by atoms with Gasteiger partial charge < -0.3 is 49.6 Å². The van der Waals surface area contributed by atoms with E-state index in [1.807, 2.05) is 0 Å². The van der Waals surface area contributed by atoms with E-state index in [0.717, 1.165) is 0 Å². The molecular formula is HCl11Si2Ti. The fraction of sp³-hybridized carbons (Fsp3) is 0. The van der Waals surface area contributed by atoms with Gasteiger partial charge >= 0.3 is 33.8 Å². The number of hydrogen-bond acceptors (Lipinski definition) is 0. The second kappa shape index (κ2) is 26.0. The van der Waals surface area contributed by atoms with Gasteiger partial charge in [0, 0.05) is 0 Å². The SMILES string of the molecule is Cl[SiH](Cl)Cl.Cl[Si](Cl)(Cl)Cl.[Cl-].[Cl-].[Cl-].[Cl-].[Ti+4]. The molecule has 90 valence electrons. The van der Waals surface area contributed by atoms with Crippen LogP contribution in [0.25, 0.3) is 0 Å². The second-order valence-corrected chi connectivity index (χ2v) is 18.3. The van der Waals surface area contributed by atoms with E-state index >= 15 is 0 Å². The maximum Gasteiger partial charge on any atom is 4.00 e. The average Bonchev–Trinajstić information content (AvgIpc) is 1.19. The van der Waals surface area contributed by atoms with Crippen LogP contribution in [0.2, 0.25) is 0 Å². The molecule has 0 atom stereocenters. The quantitative estimate of drug-likeness (QED) is 0.232. The fourth-order valence-corrected chi connectivity index (χ4v) is 0. The molecule has 0 spiro atoms. The van der Waals surface area contributed by atoms with Gasteiger partial charge in [-0.1, -0.05) is 0 Å². The van der Waals surface area contributed by atoms with Crippen LogP contribution in [-0.4, -0.2) is 12.0 Å². The average molecular weight is 495 g/mol. The summed E-state index contributed by atoms with van der Waals surface area (Å²) in [5.41, 5.74) is 0. The zero-order chi connectivity index (χ0) is 8.08. The Kier molecular flexibility index (Phi) is 79.7. The summed E-state index contributed by atoms with van der Waals surface area (Å²) in [4.78, 5) is 0. The van der Waals surface area contributed by atoms with Gasteiger partial charge in [0.2, 0.25) is 0 Å². The number of halogens is 11. The van der Waals surface area contributed by atoms with Crippen molar-refractivity contribution in [2.75, 3.05) is 0 Å². The van der Waals surface area contributed by atoms with Crippen molar-refractivity contribution >= 4 is 89.6 Å². The van der Waals surface area contributed by atoms with Crippen molar-refractivity contribution in [3.63, 3.8) is 0 Å². The molecule has 0 fully saturated rings. The summed E-state index contributed by atoms with van der Waals surface area (Å²) >= 11 is 34.7. The number of rotatable bonds is 0. The minimum Gasteiger partial charge on any atom is -1.00 e. The molecule has 0 aromatic rings. The summed E-state index contributed by atoms with van der Waals surface area (Å²) in [6.45, 7) is -1.72. The van der Waals surface area contributed by atoms with Crippen LogP contribution >= 0.6 is 77.6 Å². The molecule has 0 aliphatic rings. The smallest absolute Gasteiger partial charge is 1.00 e. The third-order valence-electron chi connectivity index (χ3n) is 0. The molecule has 0 aliphatic carbocycles. The molecule has 0 radical (unpaired) electrons. The van der Waals surface area contributed by atoms with Crippen LogP contribution in [0.5, 0.6) is 0 Å². The number of hydrogen-bond donors (Lipinski definition) is 0. The first-order chi connectivity index (χ1) is 3.73. The Bertz CT molecular complexity index is 50.0. The van der Waals surface area contributed by atoms with E-state index in [1.54, 1.807) is 0 Å². The molecule has 0 rings (SSSR count). The van der Waals surface area contributed by atoms with E-state index in [4.69, 9.17) is 77.6 Å². The maximum absolute atomic E-state index is 4.97. The Morgan fingerprint density at radius 2 is 0.643 bits per heavy atom. The van der Waals surface area contributed by atoms with E-state index in [2.05, 4.69) is 0 Å². The van der Waals surface area contributed by atoms with Crippen LogP contribution in [-0.2, 0) is 21.7 Å². The van der Waals surface area contributed by atoms with Crippen molar-refractivity contribution in [3.8, 4) is 0 Å². The van der Waals surface area contributed by atoms with E-state index < -0.39 is 12.0 Å². The Labute approximate surface area is 158 Å². The van der Waals surface area contributed by atoms with Crippen molar-refractivity contribution < 1.29 is 71.3 Å². The molecule has 0 aliphatic heterocycles. The molecular weight excluding hydrogens is 494 g/mol. The molecule has 0 aromatic carbocycles. The standard InChI is InChI=1S/Cl4Si.Cl3HSi.4ClH.Ti/c1-5(2,3)4;1-4(2)3;;;;;/h;4H;4*1H;/q;;;;;;+4/p-4. The Balaban J connectivity index is -0.0000000104. The van der Waals surface area contributed by atoms with Crippen molar-refractivity contribution in [1.82, 2.24) is 0 Å². The van der Waals surface area contributed by atoms with Gasteiger partial charge in [-0.05, 0) is 0 Å². The van der Waals surface area contributed by atoms with Crippen molar-refractivity contribution in [2.45, 2.75) is 0 Å². The largest absolute Gasteiger partial charge is 4.00 e. The molecule has 0 saturated heterocycles. The van der Waals surface area contributed by atoms with Gasteiger partial charge in [0.05, 0.1) is 0 Å². The molecule has 14 heteroatoms. The zero-order valence-electron chi connectivity index (χ0n) is 5.73. The molecule has 0 nitrogen and oxygen atoms in total. The molecule has 0 saturated carbocycles. The van der Waals surface area contributed by atoms with Crippen molar-refractivity contribution in [3.05, 3.63) is 0 Å². The van der Waals surface area contributed by atoms with Gasteiger partial charge in [-0.2, -0.15) is 0 Å². The van der Waals surface area contributed by atoms with Crippen LogP contribution < -0.4 is 49.6 Å². The van der Waals surface area contributed by atoms with E-state index in [-0.39, 0.29) is 71.3 Å². The first-order valence-corrected chi connectivity index (χ1v) is 12.7. The predicted molar refractivity (Wildman–Crippen MR) is 53.9 cm³/mol. The van der Waals surface area contributed by atoms with Crippen LogP contribution in [0.3, 0.4) is 0 Å². The third kappa shape index (κ3) is 204. The summed E-state index contributed by atoms with van der Waals surface area (Å²) in [7, 11) is 0. The topological polar surface area (TPSA) is 0 Å². The van der Waals surface area contributed by atoms with Gasteiger partial charge in [-0.3, -0.25) is 0 Å². The zero-order valence-corrected chi connectivity index (χ0v) is 17.8. The van der Waals surface area contributed by atoms with Gasteiger partial charge in [0.1, 0.15) is 0 Å². The van der Waals surface area contributed by atoms with Gasteiger partial charge in [-0.15, -0.1) is 77.6 Å². The van der Waals surface area contributed by atoms with E-state index in [1.165, 1.54) is 0 Å². The van der Waals surface area contributed by atoms with Crippen LogP contribution in [0.4, 0.5) is 0 Å². The van der Waals surface area contributed by atoms with Gasteiger partial charge in [0.15, 0.2) is 0 Å². The normalized spacial score (nSPS) is 6.86. The monoisotopic (exact) mass is 490 g/mol. The van der Waals surface area contributed by atoms with Crippen LogP contribution in [0, 0.1) is 0 Å².